The molecule has 3 rings (SSSR count). The SMILES string of the molecule is O=P1(c2ccccc2)C=CC(c2ccccc2)C1. The van der Waals surface area contributed by atoms with Crippen molar-refractivity contribution in [3.63, 3.8) is 0 Å². The molecule has 1 heterocycles. The van der Waals surface area contributed by atoms with E-state index < -0.39 is 7.14 Å². The van der Waals surface area contributed by atoms with Gasteiger partial charge >= 0.3 is 0 Å². The Bertz CT molecular complexity index is 602. The normalized spacial score (nSPS) is 26.3. The first-order chi connectivity index (χ1) is 8.78. The highest BCUT2D eigenvalue weighted by atomic mass is 31.2. The summed E-state index contributed by atoms with van der Waals surface area (Å²) >= 11 is 0. The van der Waals surface area contributed by atoms with E-state index in [1.807, 2.05) is 54.3 Å². The number of benzene rings is 2. The van der Waals surface area contributed by atoms with Gasteiger partial charge in [-0.25, -0.2) is 0 Å². The van der Waals surface area contributed by atoms with Gasteiger partial charge in [-0.3, -0.25) is 0 Å². The Morgan fingerprint density at radius 1 is 0.889 bits per heavy atom. The standard InChI is InChI=1S/C16H15OP/c17-18(16-9-5-2-6-10-16)12-11-15(13-18)14-7-3-1-4-8-14/h1-12,15H,13H2. The highest BCUT2D eigenvalue weighted by Crippen LogP contribution is 2.54. The van der Waals surface area contributed by atoms with Crippen LogP contribution in [0.3, 0.4) is 0 Å². The molecular formula is C16H15OP. The molecule has 0 spiro atoms. The highest BCUT2D eigenvalue weighted by Gasteiger charge is 2.30. The lowest BCUT2D eigenvalue weighted by Gasteiger charge is -2.13. The molecule has 2 heteroatoms. The summed E-state index contributed by atoms with van der Waals surface area (Å²) in [7, 11) is -2.32. The van der Waals surface area contributed by atoms with Crippen LogP contribution < -0.4 is 5.30 Å². The van der Waals surface area contributed by atoms with Gasteiger partial charge in [-0.15, -0.1) is 0 Å². The lowest BCUT2D eigenvalue weighted by atomic mass is 10.0. The Balaban J connectivity index is 1.89. The van der Waals surface area contributed by atoms with Gasteiger partial charge in [-0.1, -0.05) is 66.7 Å². The number of allylic oxidation sites excluding steroid dienone is 1. The number of hydrogen-bond donors (Lipinski definition) is 0. The molecule has 0 aromatic heterocycles. The van der Waals surface area contributed by atoms with Crippen molar-refractivity contribution in [3.05, 3.63) is 78.1 Å². The van der Waals surface area contributed by atoms with Crippen LogP contribution in [0.2, 0.25) is 0 Å². The fourth-order valence-electron chi connectivity index (χ4n) is 2.45. The summed E-state index contributed by atoms with van der Waals surface area (Å²) in [5.41, 5.74) is 1.25. The van der Waals surface area contributed by atoms with Gasteiger partial charge in [0.2, 0.25) is 0 Å². The third kappa shape index (κ3) is 2.07. The Morgan fingerprint density at radius 3 is 2.17 bits per heavy atom. The van der Waals surface area contributed by atoms with Gasteiger partial charge in [-0.2, -0.15) is 0 Å². The maximum absolute atomic E-state index is 12.9. The van der Waals surface area contributed by atoms with Crippen molar-refractivity contribution in [2.24, 2.45) is 0 Å². The molecule has 0 saturated heterocycles. The molecule has 2 aromatic rings. The van der Waals surface area contributed by atoms with Crippen LogP contribution in [0, 0.1) is 0 Å². The molecule has 0 fully saturated rings. The molecule has 0 bridgehead atoms. The van der Waals surface area contributed by atoms with E-state index in [-0.39, 0.29) is 5.92 Å². The molecule has 1 aliphatic heterocycles. The van der Waals surface area contributed by atoms with Crippen molar-refractivity contribution < 1.29 is 4.57 Å². The summed E-state index contributed by atoms with van der Waals surface area (Å²) in [6, 6.07) is 20.1. The first kappa shape index (κ1) is 11.5. The first-order valence-corrected chi connectivity index (χ1v) is 8.13. The molecule has 0 aliphatic carbocycles. The van der Waals surface area contributed by atoms with Crippen LogP contribution in [-0.4, -0.2) is 6.16 Å². The average Bonchev–Trinajstić information content (AvgIpc) is 2.85. The summed E-state index contributed by atoms with van der Waals surface area (Å²) in [6.45, 7) is 0. The van der Waals surface area contributed by atoms with Crippen molar-refractivity contribution in [2.45, 2.75) is 5.92 Å². The van der Waals surface area contributed by atoms with Crippen molar-refractivity contribution in [2.75, 3.05) is 6.16 Å². The van der Waals surface area contributed by atoms with Crippen LogP contribution in [0.25, 0.3) is 0 Å². The van der Waals surface area contributed by atoms with Gasteiger partial charge in [0, 0.05) is 17.4 Å². The maximum Gasteiger partial charge on any atom is 0.137 e. The zero-order valence-corrected chi connectivity index (χ0v) is 11.0. The molecule has 0 N–H and O–H groups in total. The van der Waals surface area contributed by atoms with E-state index in [9.17, 15) is 4.57 Å². The molecule has 1 aliphatic rings. The van der Waals surface area contributed by atoms with E-state index in [1.54, 1.807) is 0 Å². The minimum Gasteiger partial charge on any atom is -0.314 e. The Hall–Kier alpha value is -1.59. The van der Waals surface area contributed by atoms with Crippen LogP contribution in [0.5, 0.6) is 0 Å². The zero-order valence-electron chi connectivity index (χ0n) is 10.1. The second-order valence-corrected chi connectivity index (χ2v) is 7.44. The summed E-state index contributed by atoms with van der Waals surface area (Å²) in [6.07, 6.45) is 2.82. The predicted molar refractivity (Wildman–Crippen MR) is 76.9 cm³/mol. The predicted octanol–water partition coefficient (Wildman–Crippen LogP) is 3.99. The molecule has 0 amide bonds. The van der Waals surface area contributed by atoms with Crippen molar-refractivity contribution in [1.29, 1.82) is 0 Å². The summed E-state index contributed by atoms with van der Waals surface area (Å²) in [5, 5.41) is 0.972. The Morgan fingerprint density at radius 2 is 1.50 bits per heavy atom. The maximum atomic E-state index is 12.9. The monoisotopic (exact) mass is 254 g/mol. The Kier molecular flexibility index (Phi) is 2.93. The fraction of sp³-hybridized carbons (Fsp3) is 0.125. The molecule has 2 aromatic carbocycles. The third-order valence-corrected chi connectivity index (χ3v) is 6.21. The second kappa shape index (κ2) is 4.59. The lowest BCUT2D eigenvalue weighted by molar-refractivity contribution is 0.586. The first-order valence-electron chi connectivity index (χ1n) is 6.17. The van der Waals surface area contributed by atoms with Crippen LogP contribution in [-0.2, 0) is 4.57 Å². The van der Waals surface area contributed by atoms with Crippen LogP contribution in [0.15, 0.2) is 72.6 Å². The van der Waals surface area contributed by atoms with Crippen molar-refractivity contribution in [1.82, 2.24) is 0 Å². The quantitative estimate of drug-likeness (QED) is 0.741. The van der Waals surface area contributed by atoms with Gasteiger partial charge < -0.3 is 4.57 Å². The van der Waals surface area contributed by atoms with Crippen LogP contribution >= 0.6 is 7.14 Å². The largest absolute Gasteiger partial charge is 0.314 e. The minimum absolute atomic E-state index is 0.289. The molecule has 18 heavy (non-hydrogen) atoms. The van der Waals surface area contributed by atoms with Gasteiger partial charge in [0.05, 0.1) is 0 Å². The van der Waals surface area contributed by atoms with E-state index in [0.717, 1.165) is 11.5 Å². The lowest BCUT2D eigenvalue weighted by Crippen LogP contribution is -2.06. The van der Waals surface area contributed by atoms with E-state index in [1.165, 1.54) is 5.56 Å². The molecule has 1 nitrogen and oxygen atoms in total. The Labute approximate surface area is 108 Å². The topological polar surface area (TPSA) is 17.1 Å². The van der Waals surface area contributed by atoms with Crippen molar-refractivity contribution >= 4 is 12.4 Å². The molecule has 2 atom stereocenters. The van der Waals surface area contributed by atoms with E-state index >= 15 is 0 Å². The third-order valence-electron chi connectivity index (χ3n) is 3.45. The molecule has 2 unspecified atom stereocenters. The molecular weight excluding hydrogens is 239 g/mol. The summed E-state index contributed by atoms with van der Waals surface area (Å²) in [4.78, 5) is 0. The fourth-order valence-corrected chi connectivity index (χ4v) is 5.03. The molecule has 90 valence electrons. The van der Waals surface area contributed by atoms with Crippen molar-refractivity contribution in [3.8, 4) is 0 Å². The van der Waals surface area contributed by atoms with Gasteiger partial charge in [0.25, 0.3) is 0 Å². The number of rotatable bonds is 2. The smallest absolute Gasteiger partial charge is 0.137 e. The van der Waals surface area contributed by atoms with Gasteiger partial charge in [-0.05, 0) is 11.4 Å². The zero-order chi connectivity index (χ0) is 12.4. The van der Waals surface area contributed by atoms with Crippen LogP contribution in [0.1, 0.15) is 11.5 Å². The molecule has 0 saturated carbocycles. The molecule has 0 radical (unpaired) electrons. The van der Waals surface area contributed by atoms with Crippen LogP contribution in [0.4, 0.5) is 0 Å². The summed E-state index contributed by atoms with van der Waals surface area (Å²) < 4.78 is 12.9. The second-order valence-electron chi connectivity index (χ2n) is 4.67. The number of hydrogen-bond acceptors (Lipinski definition) is 1. The van der Waals surface area contributed by atoms with E-state index in [2.05, 4.69) is 18.2 Å². The minimum atomic E-state index is -2.32. The highest BCUT2D eigenvalue weighted by molar-refractivity contribution is 7.74. The summed E-state index contributed by atoms with van der Waals surface area (Å²) in [5.74, 6) is 2.22. The van der Waals surface area contributed by atoms with Gasteiger partial charge in [0.1, 0.15) is 7.14 Å². The van der Waals surface area contributed by atoms with Gasteiger partial charge in [0.15, 0.2) is 0 Å². The van der Waals surface area contributed by atoms with E-state index in [0.29, 0.717) is 0 Å². The average molecular weight is 254 g/mol. The van der Waals surface area contributed by atoms with E-state index in [4.69, 9.17) is 0 Å².